The fourth-order valence-electron chi connectivity index (χ4n) is 7.81. The van der Waals surface area contributed by atoms with Crippen LogP contribution in [0.15, 0.2) is 97.6 Å². The van der Waals surface area contributed by atoms with Gasteiger partial charge < -0.3 is 28.7 Å². The fraction of sp³-hybridized carbons (Fsp3) is 0.231. The summed E-state index contributed by atoms with van der Waals surface area (Å²) in [5, 5.41) is 19.7. The summed E-state index contributed by atoms with van der Waals surface area (Å²) in [7, 11) is 0. The number of rotatable bonds is 15. The Labute approximate surface area is 422 Å². The topological polar surface area (TPSA) is 185 Å². The molecule has 0 bridgehead atoms. The third-order valence-electron chi connectivity index (χ3n) is 11.6. The molecule has 2 amide bonds. The smallest absolute Gasteiger partial charge is 0.257 e. The van der Waals surface area contributed by atoms with Crippen molar-refractivity contribution in [3.8, 4) is 46.3 Å². The first-order valence-corrected chi connectivity index (χ1v) is 23.4. The van der Waals surface area contributed by atoms with Crippen molar-refractivity contribution < 1.29 is 38.1 Å². The van der Waals surface area contributed by atoms with Crippen molar-refractivity contribution in [2.75, 3.05) is 26.2 Å². The Morgan fingerprint density at radius 2 is 0.914 bits per heavy atom. The van der Waals surface area contributed by atoms with Crippen LogP contribution in [0.4, 0.5) is 0 Å². The summed E-state index contributed by atoms with van der Waals surface area (Å²) < 4.78 is 24.8. The highest BCUT2D eigenvalue weighted by atomic mass is 35.5. The Kier molecular flexibility index (Phi) is 15.8. The number of hydrogen-bond acceptors (Lipinski definition) is 12. The van der Waals surface area contributed by atoms with E-state index in [9.17, 15) is 29.7 Å². The molecule has 2 fully saturated rings. The Morgan fingerprint density at radius 1 is 0.529 bits per heavy atom. The number of hydrogen-bond donors (Lipinski definition) is 0. The molecule has 2 aromatic heterocycles. The summed E-state index contributed by atoms with van der Waals surface area (Å²) in [5.41, 5.74) is 4.65. The van der Waals surface area contributed by atoms with Crippen LogP contribution < -0.4 is 18.9 Å². The number of pyridine rings is 2. The lowest BCUT2D eigenvalue weighted by molar-refractivity contribution is -0.121. The minimum Gasteiger partial charge on any atom is -0.488 e. The van der Waals surface area contributed by atoms with Crippen LogP contribution in [0.2, 0.25) is 20.1 Å². The van der Waals surface area contributed by atoms with Gasteiger partial charge in [0.2, 0.25) is 0 Å². The van der Waals surface area contributed by atoms with E-state index in [-0.39, 0.29) is 146 Å². The van der Waals surface area contributed by atoms with Gasteiger partial charge in [-0.2, -0.15) is 10.5 Å². The maximum absolute atomic E-state index is 13.8. The lowest BCUT2D eigenvalue weighted by Crippen LogP contribution is -2.38. The molecule has 0 spiro atoms. The lowest BCUT2D eigenvalue weighted by Gasteiger charge is -2.27. The molecule has 2 aliphatic rings. The van der Waals surface area contributed by atoms with E-state index in [0.717, 1.165) is 0 Å². The van der Waals surface area contributed by atoms with E-state index in [0.29, 0.717) is 54.6 Å². The molecule has 6 aromatic rings. The van der Waals surface area contributed by atoms with Crippen LogP contribution in [0.1, 0.15) is 79.8 Å². The standard InChI is InChI=1S/C52H40Cl4N6O8/c53-43-17-41(51(65)61-11-7-37(63)8-12-61)45(67-27-33-15-31(21-57)23-59-25-33)19-47(43)69-29-35-3-1-5-39(49(35)55)40-6-2-4-36(50(40)56)30-70-48-20-46(68-28-34-16-32(22-58)24-60-26-34)42(18-44(48)54)52(66)62-13-9-38(64)10-14-62/h1-6,15-20,23-26H,7-14,27-30H2. The number of carbonyl (C=O) groups is 4. The molecule has 0 radical (unpaired) electrons. The maximum Gasteiger partial charge on any atom is 0.257 e. The number of nitrogens with zero attached hydrogens (tertiary/aromatic N) is 6. The Morgan fingerprint density at radius 3 is 1.30 bits per heavy atom. The largest absolute Gasteiger partial charge is 0.488 e. The number of nitriles is 2. The molecule has 2 aliphatic heterocycles. The number of aromatic nitrogens is 2. The van der Waals surface area contributed by atoms with E-state index in [1.54, 1.807) is 46.5 Å². The zero-order valence-electron chi connectivity index (χ0n) is 37.2. The van der Waals surface area contributed by atoms with Gasteiger partial charge in [0.15, 0.2) is 0 Å². The van der Waals surface area contributed by atoms with Gasteiger partial charge in [-0.05, 0) is 24.3 Å². The molecule has 14 nitrogen and oxygen atoms in total. The number of amides is 2. The van der Waals surface area contributed by atoms with Gasteiger partial charge in [-0.15, -0.1) is 0 Å². The third-order valence-corrected chi connectivity index (χ3v) is 13.1. The molecular formula is C52H40Cl4N6O8. The number of Topliss-reactive ketones (excluding diaryl/α,β-unsaturated/α-hetero) is 2. The fourth-order valence-corrected chi connectivity index (χ4v) is 8.81. The minimum absolute atomic E-state index is 0.0148. The summed E-state index contributed by atoms with van der Waals surface area (Å²) in [6.07, 6.45) is 7.00. The molecule has 0 unspecified atom stereocenters. The second kappa shape index (κ2) is 22.5. The highest BCUT2D eigenvalue weighted by Crippen LogP contribution is 2.40. The molecule has 18 heteroatoms. The second-order valence-electron chi connectivity index (χ2n) is 16.3. The average Bonchev–Trinajstić information content (AvgIpc) is 3.38. The molecule has 0 N–H and O–H groups in total. The van der Waals surface area contributed by atoms with Crippen molar-refractivity contribution in [2.24, 2.45) is 0 Å². The van der Waals surface area contributed by atoms with E-state index >= 15 is 0 Å². The molecule has 0 saturated carbocycles. The van der Waals surface area contributed by atoms with Crippen molar-refractivity contribution >= 4 is 69.8 Å². The van der Waals surface area contributed by atoms with Gasteiger partial charge in [0, 0.05) is 122 Å². The van der Waals surface area contributed by atoms with Crippen molar-refractivity contribution in [1.82, 2.24) is 19.8 Å². The Hall–Kier alpha value is -7.20. The van der Waals surface area contributed by atoms with Crippen molar-refractivity contribution in [1.29, 1.82) is 10.5 Å². The number of ketones is 2. The van der Waals surface area contributed by atoms with Crippen molar-refractivity contribution in [3.63, 3.8) is 0 Å². The third kappa shape index (κ3) is 11.6. The van der Waals surface area contributed by atoms with Gasteiger partial charge in [0.1, 0.15) is 73.1 Å². The van der Waals surface area contributed by atoms with Crippen LogP contribution in [-0.4, -0.2) is 69.3 Å². The van der Waals surface area contributed by atoms with Crippen LogP contribution in [0.3, 0.4) is 0 Å². The van der Waals surface area contributed by atoms with E-state index < -0.39 is 0 Å². The van der Waals surface area contributed by atoms with Crippen LogP contribution >= 0.6 is 46.4 Å². The Balaban J connectivity index is 1.01. The van der Waals surface area contributed by atoms with Gasteiger partial charge in [0.25, 0.3) is 11.8 Å². The summed E-state index contributed by atoms with van der Waals surface area (Å²) >= 11 is 27.7. The van der Waals surface area contributed by atoms with Gasteiger partial charge in [-0.3, -0.25) is 29.1 Å². The summed E-state index contributed by atoms with van der Waals surface area (Å²) in [4.78, 5) is 62.8. The maximum atomic E-state index is 13.8. The van der Waals surface area contributed by atoms with Gasteiger partial charge in [0.05, 0.1) is 42.3 Å². The first-order valence-electron chi connectivity index (χ1n) is 21.9. The lowest BCUT2D eigenvalue weighted by atomic mass is 10.0. The molecule has 8 rings (SSSR count). The molecule has 0 atom stereocenters. The molecular weight excluding hydrogens is 978 g/mol. The minimum atomic E-state index is -0.353. The normalized spacial score (nSPS) is 13.6. The average molecular weight is 1020 g/mol. The van der Waals surface area contributed by atoms with Crippen LogP contribution in [0, 0.1) is 22.7 Å². The van der Waals surface area contributed by atoms with Gasteiger partial charge in [-0.25, -0.2) is 0 Å². The van der Waals surface area contributed by atoms with Crippen LogP contribution in [-0.2, 0) is 36.0 Å². The molecule has 0 aliphatic carbocycles. The number of likely N-dealkylation sites (tertiary alicyclic amines) is 2. The molecule has 4 heterocycles. The number of carbonyl (C=O) groups excluding carboxylic acids is 4. The van der Waals surface area contributed by atoms with E-state index in [2.05, 4.69) is 22.1 Å². The first kappa shape index (κ1) is 49.2. The van der Waals surface area contributed by atoms with E-state index in [1.807, 2.05) is 24.3 Å². The highest BCUT2D eigenvalue weighted by Gasteiger charge is 2.28. The SMILES string of the molecule is N#Cc1cncc(COc2cc(OCc3cccc(-c4cccc(COc5cc(OCc6cncc(C#N)c6)c(C(=O)N6CCC(=O)CC6)cc5Cl)c4Cl)c3Cl)c(Cl)cc2C(=O)N2CCC(=O)CC2)c1. The quantitative estimate of drug-likeness (QED) is 0.0949. The molecule has 4 aromatic carbocycles. The number of ether oxygens (including phenoxy) is 4. The van der Waals surface area contributed by atoms with E-state index in [1.165, 1.54) is 36.7 Å². The van der Waals surface area contributed by atoms with Crippen molar-refractivity contribution in [2.45, 2.75) is 52.1 Å². The molecule has 2 saturated heterocycles. The highest BCUT2D eigenvalue weighted by molar-refractivity contribution is 6.37. The zero-order valence-corrected chi connectivity index (χ0v) is 40.2. The zero-order chi connectivity index (χ0) is 49.3. The van der Waals surface area contributed by atoms with Crippen LogP contribution in [0.25, 0.3) is 11.1 Å². The summed E-state index contributed by atoms with van der Waals surface area (Å²) in [5.74, 6) is 0.250. The van der Waals surface area contributed by atoms with E-state index in [4.69, 9.17) is 65.4 Å². The monoisotopic (exact) mass is 1020 g/mol. The molecule has 354 valence electrons. The molecule has 70 heavy (non-hydrogen) atoms. The predicted octanol–water partition coefficient (Wildman–Crippen LogP) is 10.4. The predicted molar refractivity (Wildman–Crippen MR) is 260 cm³/mol. The summed E-state index contributed by atoms with van der Waals surface area (Å²) in [6, 6.07) is 24.2. The van der Waals surface area contributed by atoms with Crippen LogP contribution in [0.5, 0.6) is 23.0 Å². The number of benzene rings is 4. The van der Waals surface area contributed by atoms with Gasteiger partial charge >= 0.3 is 0 Å². The van der Waals surface area contributed by atoms with Crippen molar-refractivity contribution in [3.05, 3.63) is 162 Å². The second-order valence-corrected chi connectivity index (χ2v) is 17.9. The van der Waals surface area contributed by atoms with Gasteiger partial charge in [-0.1, -0.05) is 82.8 Å². The summed E-state index contributed by atoms with van der Waals surface area (Å²) in [6.45, 7) is 0.955. The Bertz CT molecular complexity index is 2890. The number of piperidine rings is 2. The number of halogens is 4. The first-order chi connectivity index (χ1) is 33.9.